The van der Waals surface area contributed by atoms with Crippen LogP contribution < -0.4 is 11.1 Å². The molecule has 0 spiro atoms. The van der Waals surface area contributed by atoms with Crippen molar-refractivity contribution in [3.8, 4) is 0 Å². The van der Waals surface area contributed by atoms with Gasteiger partial charge < -0.3 is 25.8 Å². The number of nitrogens with one attached hydrogen (secondary N) is 1. The van der Waals surface area contributed by atoms with Crippen LogP contribution in [0.2, 0.25) is 0 Å². The number of halogens is 1. The van der Waals surface area contributed by atoms with Gasteiger partial charge in [-0.2, -0.15) is 11.8 Å². The van der Waals surface area contributed by atoms with Crippen molar-refractivity contribution in [2.24, 2.45) is 5.73 Å². The lowest BCUT2D eigenvalue weighted by Crippen LogP contribution is -2.35. The minimum Gasteiger partial charge on any atom is -0.464 e. The van der Waals surface area contributed by atoms with Crippen LogP contribution in [0.4, 0.5) is 0 Å². The Kier molecular flexibility index (Phi) is 15.4. The Bertz CT molecular complexity index is 839. The van der Waals surface area contributed by atoms with Crippen LogP contribution in [0.1, 0.15) is 36.8 Å². The zero-order chi connectivity index (χ0) is 24.8. The van der Waals surface area contributed by atoms with Gasteiger partial charge in [-0.15, -0.1) is 12.4 Å². The van der Waals surface area contributed by atoms with Gasteiger partial charge in [0, 0.05) is 25.1 Å². The summed E-state index contributed by atoms with van der Waals surface area (Å²) in [5.74, 6) is 1.06. The molecule has 0 aromatic heterocycles. The lowest BCUT2D eigenvalue weighted by molar-refractivity contribution is -0.143. The van der Waals surface area contributed by atoms with Crippen molar-refractivity contribution in [2.45, 2.75) is 51.2 Å². The van der Waals surface area contributed by atoms with Crippen LogP contribution in [0, 0.1) is 6.92 Å². The van der Waals surface area contributed by atoms with E-state index in [1.165, 1.54) is 5.56 Å². The summed E-state index contributed by atoms with van der Waals surface area (Å²) in [5.41, 5.74) is 7.42. The number of aryl methyl sites for hydroxylation is 1. The lowest BCUT2D eigenvalue weighted by Gasteiger charge is -2.22. The molecule has 8 nitrogen and oxygen atoms in total. The minimum atomic E-state index is -0.570. The third-order valence-electron chi connectivity index (χ3n) is 5.50. The predicted octanol–water partition coefficient (Wildman–Crippen LogP) is 2.00. The van der Waals surface area contributed by atoms with E-state index in [2.05, 4.69) is 11.4 Å². The van der Waals surface area contributed by atoms with Gasteiger partial charge in [0.25, 0.3) is 0 Å². The number of likely N-dealkylation sites (tertiary alicyclic amines) is 1. The SMILES string of the molecule is Cc1cccc(C[C@H](O)/C=C/[C@H]2CCC(=O)N2CCSCCCCOC(=O)CNC(=O)CN)c1.Cl. The van der Waals surface area contributed by atoms with E-state index >= 15 is 0 Å². The summed E-state index contributed by atoms with van der Waals surface area (Å²) in [5, 5.41) is 12.7. The van der Waals surface area contributed by atoms with Gasteiger partial charge in [-0.1, -0.05) is 42.0 Å². The van der Waals surface area contributed by atoms with Crippen LogP contribution >= 0.6 is 24.2 Å². The van der Waals surface area contributed by atoms with Gasteiger partial charge in [0.1, 0.15) is 6.54 Å². The number of aliphatic hydroxyl groups excluding tert-OH is 1. The topological polar surface area (TPSA) is 122 Å². The normalized spacial score (nSPS) is 16.3. The predicted molar refractivity (Wildman–Crippen MR) is 142 cm³/mol. The first-order valence-corrected chi connectivity index (χ1v) is 13.0. The fraction of sp³-hybridized carbons (Fsp3) is 0.560. The zero-order valence-corrected chi connectivity index (χ0v) is 22.0. The van der Waals surface area contributed by atoms with E-state index in [9.17, 15) is 19.5 Å². The first kappa shape index (κ1) is 31.0. The van der Waals surface area contributed by atoms with E-state index in [1.54, 1.807) is 11.8 Å². The number of carbonyl (C=O) groups excluding carboxylic acids is 3. The monoisotopic (exact) mass is 527 g/mol. The molecule has 1 aromatic rings. The molecule has 1 fully saturated rings. The Labute approximate surface area is 218 Å². The molecule has 2 atom stereocenters. The van der Waals surface area contributed by atoms with Gasteiger partial charge in [-0.3, -0.25) is 14.4 Å². The van der Waals surface area contributed by atoms with Crippen molar-refractivity contribution >= 4 is 42.0 Å². The molecule has 35 heavy (non-hydrogen) atoms. The van der Waals surface area contributed by atoms with Gasteiger partial charge >= 0.3 is 5.97 Å². The van der Waals surface area contributed by atoms with Crippen molar-refractivity contribution in [1.82, 2.24) is 10.2 Å². The van der Waals surface area contributed by atoms with Gasteiger partial charge in [-0.25, -0.2) is 0 Å². The Balaban J connectivity index is 0.00000612. The number of ether oxygens (including phenoxy) is 1. The van der Waals surface area contributed by atoms with E-state index in [-0.39, 0.29) is 43.4 Å². The third-order valence-corrected chi connectivity index (χ3v) is 6.54. The van der Waals surface area contributed by atoms with E-state index in [4.69, 9.17) is 10.5 Å². The third kappa shape index (κ3) is 12.5. The Morgan fingerprint density at radius 1 is 1.34 bits per heavy atom. The molecule has 0 bridgehead atoms. The van der Waals surface area contributed by atoms with Crippen LogP contribution in [0.3, 0.4) is 0 Å². The van der Waals surface area contributed by atoms with E-state index < -0.39 is 12.1 Å². The summed E-state index contributed by atoms with van der Waals surface area (Å²) in [6.45, 7) is 2.73. The second kappa shape index (κ2) is 17.4. The summed E-state index contributed by atoms with van der Waals surface area (Å²) in [6.07, 6.45) is 6.76. The van der Waals surface area contributed by atoms with Crippen molar-refractivity contribution in [2.75, 3.05) is 37.7 Å². The second-order valence-electron chi connectivity index (χ2n) is 8.36. The molecular formula is C25H38ClN3O5S. The molecule has 0 saturated carbocycles. The van der Waals surface area contributed by atoms with Crippen molar-refractivity contribution in [3.63, 3.8) is 0 Å². The second-order valence-corrected chi connectivity index (χ2v) is 9.58. The zero-order valence-electron chi connectivity index (χ0n) is 20.3. The molecule has 10 heteroatoms. The van der Waals surface area contributed by atoms with E-state index in [0.717, 1.165) is 36.3 Å². The average Bonchev–Trinajstić information content (AvgIpc) is 3.17. The molecule has 1 aliphatic heterocycles. The number of carbonyl (C=O) groups is 3. The van der Waals surface area contributed by atoms with Crippen molar-refractivity contribution in [1.29, 1.82) is 0 Å². The van der Waals surface area contributed by atoms with Crippen LogP contribution in [0.25, 0.3) is 0 Å². The highest BCUT2D eigenvalue weighted by molar-refractivity contribution is 7.99. The van der Waals surface area contributed by atoms with Crippen LogP contribution in [-0.2, 0) is 25.5 Å². The van der Waals surface area contributed by atoms with Crippen LogP contribution in [0.15, 0.2) is 36.4 Å². The Hall–Kier alpha value is -2.07. The number of rotatable bonds is 15. The fourth-order valence-corrected chi connectivity index (χ4v) is 4.64. The molecule has 4 N–H and O–H groups in total. The maximum absolute atomic E-state index is 12.3. The molecule has 1 saturated heterocycles. The quantitative estimate of drug-likeness (QED) is 0.181. The number of aliphatic hydroxyl groups is 1. The maximum Gasteiger partial charge on any atom is 0.325 e. The van der Waals surface area contributed by atoms with Crippen LogP contribution in [0.5, 0.6) is 0 Å². The van der Waals surface area contributed by atoms with Gasteiger partial charge in [0.15, 0.2) is 0 Å². The number of amides is 2. The number of nitrogens with zero attached hydrogens (tertiary/aromatic N) is 1. The molecule has 2 amide bonds. The highest BCUT2D eigenvalue weighted by Crippen LogP contribution is 2.21. The first-order valence-electron chi connectivity index (χ1n) is 11.8. The number of unbranched alkanes of at least 4 members (excludes halogenated alkanes) is 1. The van der Waals surface area contributed by atoms with E-state index in [1.807, 2.05) is 42.2 Å². The molecule has 0 radical (unpaired) electrons. The molecular weight excluding hydrogens is 490 g/mol. The number of nitrogens with two attached hydrogens (primary N) is 1. The smallest absolute Gasteiger partial charge is 0.325 e. The van der Waals surface area contributed by atoms with Crippen LogP contribution in [-0.4, -0.2) is 77.7 Å². The number of thioether (sulfide) groups is 1. The van der Waals surface area contributed by atoms with Gasteiger partial charge in [0.05, 0.1) is 25.3 Å². The Morgan fingerprint density at radius 2 is 2.14 bits per heavy atom. The largest absolute Gasteiger partial charge is 0.464 e. The molecule has 2 rings (SSSR count). The summed E-state index contributed by atoms with van der Waals surface area (Å²) in [7, 11) is 0. The molecule has 0 unspecified atom stereocenters. The average molecular weight is 528 g/mol. The summed E-state index contributed by atoms with van der Waals surface area (Å²) in [6, 6.07) is 8.16. The first-order chi connectivity index (χ1) is 16.4. The number of hydrogen-bond acceptors (Lipinski definition) is 7. The maximum atomic E-state index is 12.3. The lowest BCUT2D eigenvalue weighted by atomic mass is 10.0. The minimum absolute atomic E-state index is 0. The fourth-order valence-electron chi connectivity index (χ4n) is 3.70. The molecule has 0 aliphatic carbocycles. The number of esters is 1. The van der Waals surface area contributed by atoms with Crippen molar-refractivity contribution < 1.29 is 24.2 Å². The van der Waals surface area contributed by atoms with E-state index in [0.29, 0.717) is 26.0 Å². The number of benzene rings is 1. The molecule has 1 aliphatic rings. The molecule has 196 valence electrons. The standard InChI is InChI=1S/C25H37N3O5S.ClH/c1-19-5-4-6-20(15-19)16-22(29)9-7-21-8-10-24(31)28(21)11-14-34-13-3-2-12-33-25(32)18-27-23(30)17-26;/h4-7,9,15,21-22,29H,2-3,8,10-14,16-18,26H2,1H3,(H,27,30);1H/b9-7+;/t21-,22+;/m0./s1. The van der Waals surface area contributed by atoms with Crippen molar-refractivity contribution in [3.05, 3.63) is 47.5 Å². The summed E-state index contributed by atoms with van der Waals surface area (Å²) in [4.78, 5) is 36.6. The summed E-state index contributed by atoms with van der Waals surface area (Å²) >= 11 is 1.77. The number of hydrogen-bond donors (Lipinski definition) is 3. The van der Waals surface area contributed by atoms with Gasteiger partial charge in [-0.05, 0) is 37.5 Å². The highest BCUT2D eigenvalue weighted by Gasteiger charge is 2.28. The molecule has 1 aromatic carbocycles. The Morgan fingerprint density at radius 3 is 2.89 bits per heavy atom. The van der Waals surface area contributed by atoms with Gasteiger partial charge in [0.2, 0.25) is 11.8 Å². The molecule has 1 heterocycles. The highest BCUT2D eigenvalue weighted by atomic mass is 35.5. The summed E-state index contributed by atoms with van der Waals surface area (Å²) < 4.78 is 5.06.